The smallest absolute Gasteiger partial charge is 0.262 e. The molecule has 0 bridgehead atoms. The molecule has 178 valence electrons. The maximum atomic E-state index is 11.9. The van der Waals surface area contributed by atoms with Crippen molar-refractivity contribution in [2.75, 3.05) is 11.9 Å². The van der Waals surface area contributed by atoms with Crippen molar-refractivity contribution in [3.63, 3.8) is 0 Å². The summed E-state index contributed by atoms with van der Waals surface area (Å²) >= 11 is 1.51. The maximum absolute atomic E-state index is 11.9. The van der Waals surface area contributed by atoms with Crippen LogP contribution in [0.5, 0.6) is 5.75 Å². The highest BCUT2D eigenvalue weighted by atomic mass is 32.1. The monoisotopic (exact) mass is 493 g/mol. The van der Waals surface area contributed by atoms with Crippen molar-refractivity contribution >= 4 is 45.7 Å². The number of carbonyl (C=O) groups is 1. The van der Waals surface area contributed by atoms with Gasteiger partial charge in [-0.3, -0.25) is 4.79 Å². The van der Waals surface area contributed by atoms with E-state index in [1.165, 1.54) is 11.3 Å². The Morgan fingerprint density at radius 2 is 1.89 bits per heavy atom. The second kappa shape index (κ2) is 8.98. The van der Waals surface area contributed by atoms with Crippen LogP contribution in [0.1, 0.15) is 16.8 Å². The number of aryl methyl sites for hydroxylation is 2. The van der Waals surface area contributed by atoms with Gasteiger partial charge in [0.2, 0.25) is 4.80 Å². The van der Waals surface area contributed by atoms with Crippen LogP contribution in [0.4, 0.5) is 11.4 Å². The fourth-order valence-corrected chi connectivity index (χ4v) is 5.15. The van der Waals surface area contributed by atoms with E-state index >= 15 is 0 Å². The zero-order valence-corrected chi connectivity index (χ0v) is 20.6. The topological polar surface area (TPSA) is 83.8 Å². The average molecular weight is 494 g/mol. The lowest BCUT2D eigenvalue weighted by molar-refractivity contribution is -0.118. The second-order valence-corrected chi connectivity index (χ2v) is 9.45. The van der Waals surface area contributed by atoms with E-state index in [2.05, 4.69) is 22.4 Å². The van der Waals surface area contributed by atoms with Crippen LogP contribution in [0.2, 0.25) is 0 Å². The Hall–Kier alpha value is -4.43. The van der Waals surface area contributed by atoms with Gasteiger partial charge in [0.25, 0.3) is 5.91 Å². The zero-order valence-electron chi connectivity index (χ0n) is 19.8. The lowest BCUT2D eigenvalue weighted by atomic mass is 10.1. The Kier molecular flexibility index (Phi) is 5.50. The van der Waals surface area contributed by atoms with Crippen LogP contribution in [0, 0.1) is 13.8 Å². The molecule has 1 aliphatic heterocycles. The van der Waals surface area contributed by atoms with Gasteiger partial charge in [0.1, 0.15) is 5.75 Å². The minimum atomic E-state index is -0.166. The molecule has 1 aliphatic rings. The number of hydrogen-bond donors (Lipinski definition) is 2. The zero-order chi connectivity index (χ0) is 24.6. The Morgan fingerprint density at radius 1 is 1.06 bits per heavy atom. The minimum Gasteiger partial charge on any atom is -0.482 e. The van der Waals surface area contributed by atoms with Crippen LogP contribution in [0.3, 0.4) is 0 Å². The quantitative estimate of drug-likeness (QED) is 0.312. The predicted molar refractivity (Wildman–Crippen MR) is 144 cm³/mol. The van der Waals surface area contributed by atoms with Gasteiger partial charge in [-0.1, -0.05) is 36.4 Å². The lowest BCUT2D eigenvalue weighted by Gasteiger charge is -2.18. The van der Waals surface area contributed by atoms with E-state index in [4.69, 9.17) is 14.8 Å². The molecule has 7 nitrogen and oxygen atoms in total. The van der Waals surface area contributed by atoms with Crippen molar-refractivity contribution in [1.82, 2.24) is 9.66 Å². The van der Waals surface area contributed by atoms with Crippen molar-refractivity contribution in [1.29, 1.82) is 0 Å². The minimum absolute atomic E-state index is 0.0263. The molecule has 0 saturated heterocycles. The van der Waals surface area contributed by atoms with E-state index in [1.54, 1.807) is 0 Å². The van der Waals surface area contributed by atoms with E-state index in [1.807, 2.05) is 84.7 Å². The van der Waals surface area contributed by atoms with Crippen LogP contribution in [0.15, 0.2) is 82.2 Å². The molecule has 6 rings (SSSR count). The fraction of sp³-hybridized carbons (Fsp3) is 0.107. The molecule has 0 aliphatic carbocycles. The third-order valence-electron chi connectivity index (χ3n) is 6.17. The first-order valence-electron chi connectivity index (χ1n) is 11.6. The number of para-hydroxylation sites is 2. The Labute approximate surface area is 211 Å². The van der Waals surface area contributed by atoms with E-state index in [0.29, 0.717) is 11.4 Å². The van der Waals surface area contributed by atoms with E-state index in [0.717, 1.165) is 49.5 Å². The summed E-state index contributed by atoms with van der Waals surface area (Å²) in [5.74, 6) is 0.490. The molecule has 0 saturated carbocycles. The number of benzene rings is 3. The Balaban J connectivity index is 1.52. The molecule has 0 spiro atoms. The standard InChI is InChI=1S/C28H23N5O2S/c1-17-7-3-5-9-22(17)32-28-33(29-14-21-18(2)30-23-10-6-4-8-20(21)23)25(16-36-28)19-11-12-26-24(13-19)31-27(34)15-35-26/h3-14,16,30H,15H2,1-2H3,(H,31,34). The summed E-state index contributed by atoms with van der Waals surface area (Å²) in [7, 11) is 0. The Morgan fingerprint density at radius 3 is 2.78 bits per heavy atom. The van der Waals surface area contributed by atoms with Crippen molar-refractivity contribution in [3.05, 3.63) is 93.7 Å². The highest BCUT2D eigenvalue weighted by Crippen LogP contribution is 2.33. The molecule has 2 aromatic heterocycles. The van der Waals surface area contributed by atoms with Gasteiger partial charge in [-0.15, -0.1) is 11.3 Å². The van der Waals surface area contributed by atoms with E-state index in [-0.39, 0.29) is 12.5 Å². The van der Waals surface area contributed by atoms with Crippen LogP contribution in [-0.4, -0.2) is 28.4 Å². The molecule has 8 heteroatoms. The van der Waals surface area contributed by atoms with Crippen LogP contribution < -0.4 is 14.9 Å². The number of hydrogen-bond acceptors (Lipinski definition) is 5. The number of amides is 1. The van der Waals surface area contributed by atoms with Gasteiger partial charge in [0.15, 0.2) is 6.61 Å². The largest absolute Gasteiger partial charge is 0.482 e. The van der Waals surface area contributed by atoms with E-state index < -0.39 is 0 Å². The van der Waals surface area contributed by atoms with Gasteiger partial charge in [-0.25, -0.2) is 9.67 Å². The third-order valence-corrected chi connectivity index (χ3v) is 6.99. The summed E-state index contributed by atoms with van der Waals surface area (Å²) < 4.78 is 7.39. The van der Waals surface area contributed by atoms with Gasteiger partial charge >= 0.3 is 0 Å². The van der Waals surface area contributed by atoms with Gasteiger partial charge in [-0.2, -0.15) is 5.10 Å². The number of thiazole rings is 1. The van der Waals surface area contributed by atoms with Crippen LogP contribution in [0.25, 0.3) is 22.2 Å². The SMILES string of the molecule is Cc1ccccc1N=c1scc(-c2ccc3c(c2)NC(=O)CO3)n1N=Cc1c(C)[nH]c2ccccc12. The van der Waals surface area contributed by atoms with Gasteiger partial charge in [0.05, 0.1) is 23.3 Å². The molecule has 1 amide bonds. The molecule has 3 aromatic carbocycles. The number of anilines is 1. The molecule has 0 atom stereocenters. The molecular formula is C28H23N5O2S. The van der Waals surface area contributed by atoms with Crippen LogP contribution in [-0.2, 0) is 4.79 Å². The summed E-state index contributed by atoms with van der Waals surface area (Å²) in [6.07, 6.45) is 1.88. The summed E-state index contributed by atoms with van der Waals surface area (Å²) in [5.41, 5.74) is 7.54. The molecule has 0 radical (unpaired) electrons. The number of H-pyrrole nitrogens is 1. The lowest BCUT2D eigenvalue weighted by Crippen LogP contribution is -2.25. The summed E-state index contributed by atoms with van der Waals surface area (Å²) in [6, 6.07) is 22.0. The van der Waals surface area contributed by atoms with Crippen LogP contribution >= 0.6 is 11.3 Å². The molecule has 0 unspecified atom stereocenters. The number of aromatic nitrogens is 2. The number of rotatable bonds is 4. The highest BCUT2D eigenvalue weighted by Gasteiger charge is 2.18. The highest BCUT2D eigenvalue weighted by molar-refractivity contribution is 7.07. The second-order valence-electron chi connectivity index (χ2n) is 8.62. The number of fused-ring (bicyclic) bond motifs is 2. The first-order chi connectivity index (χ1) is 17.6. The van der Waals surface area contributed by atoms with E-state index in [9.17, 15) is 4.79 Å². The number of nitrogens with zero attached hydrogens (tertiary/aromatic N) is 3. The van der Waals surface area contributed by atoms with Crippen molar-refractivity contribution in [2.24, 2.45) is 10.1 Å². The van der Waals surface area contributed by atoms with Gasteiger partial charge < -0.3 is 15.0 Å². The predicted octanol–water partition coefficient (Wildman–Crippen LogP) is 5.76. The first-order valence-corrected chi connectivity index (χ1v) is 12.4. The third kappa shape index (κ3) is 4.01. The molecular weight excluding hydrogens is 470 g/mol. The fourth-order valence-electron chi connectivity index (χ4n) is 4.30. The molecule has 36 heavy (non-hydrogen) atoms. The van der Waals surface area contributed by atoms with Gasteiger partial charge in [-0.05, 0) is 49.7 Å². The number of aromatic amines is 1. The van der Waals surface area contributed by atoms with Crippen molar-refractivity contribution in [3.8, 4) is 17.0 Å². The number of carbonyl (C=O) groups excluding carboxylic acids is 1. The van der Waals surface area contributed by atoms with Crippen molar-refractivity contribution in [2.45, 2.75) is 13.8 Å². The molecule has 3 heterocycles. The summed E-state index contributed by atoms with van der Waals surface area (Å²) in [4.78, 5) is 21.0. The van der Waals surface area contributed by atoms with Crippen molar-refractivity contribution < 1.29 is 9.53 Å². The number of ether oxygens (including phenoxy) is 1. The number of nitrogens with one attached hydrogen (secondary N) is 2. The van der Waals surface area contributed by atoms with Gasteiger partial charge in [0, 0.05) is 33.1 Å². The molecule has 0 fully saturated rings. The normalized spacial score (nSPS) is 13.7. The summed E-state index contributed by atoms with van der Waals surface area (Å²) in [5, 5.41) is 11.0. The molecule has 2 N–H and O–H groups in total. The summed E-state index contributed by atoms with van der Waals surface area (Å²) in [6.45, 7) is 4.12. The Bertz CT molecular complexity index is 1720. The first kappa shape index (κ1) is 22.1. The maximum Gasteiger partial charge on any atom is 0.262 e. The molecule has 5 aromatic rings. The average Bonchev–Trinajstić information content (AvgIpc) is 3.43.